The van der Waals surface area contributed by atoms with E-state index in [0.717, 1.165) is 32.8 Å². The summed E-state index contributed by atoms with van der Waals surface area (Å²) in [7, 11) is 0. The lowest BCUT2D eigenvalue weighted by molar-refractivity contribution is 0.218. The van der Waals surface area contributed by atoms with Gasteiger partial charge < -0.3 is 0 Å². The van der Waals surface area contributed by atoms with Crippen LogP contribution in [0.3, 0.4) is 0 Å². The van der Waals surface area contributed by atoms with E-state index >= 15 is 0 Å². The van der Waals surface area contributed by atoms with Crippen LogP contribution in [-0.4, -0.2) is 6.21 Å². The summed E-state index contributed by atoms with van der Waals surface area (Å²) < 4.78 is 1.07. The quantitative estimate of drug-likeness (QED) is 0.535. The van der Waals surface area contributed by atoms with E-state index in [0.29, 0.717) is 11.3 Å². The summed E-state index contributed by atoms with van der Waals surface area (Å²) in [6.45, 7) is 6.94. The van der Waals surface area contributed by atoms with Crippen LogP contribution in [0.4, 0.5) is 5.00 Å². The van der Waals surface area contributed by atoms with Crippen molar-refractivity contribution in [3.63, 3.8) is 0 Å². The summed E-state index contributed by atoms with van der Waals surface area (Å²) >= 11 is 6.81. The van der Waals surface area contributed by atoms with Gasteiger partial charge in [0, 0.05) is 25.8 Å². The molecule has 0 fully saturated rings. The zero-order chi connectivity index (χ0) is 16.6. The van der Waals surface area contributed by atoms with E-state index in [-0.39, 0.29) is 0 Å². The number of nitrogens with zero attached hydrogens (tertiary/aromatic N) is 2. The molecule has 1 unspecified atom stereocenters. The molecule has 0 spiro atoms. The van der Waals surface area contributed by atoms with Gasteiger partial charge in [0.05, 0.1) is 5.56 Å². The zero-order valence-electron chi connectivity index (χ0n) is 13.5. The van der Waals surface area contributed by atoms with Crippen LogP contribution in [0, 0.1) is 22.7 Å². The fourth-order valence-corrected chi connectivity index (χ4v) is 5.56. The van der Waals surface area contributed by atoms with E-state index in [1.54, 1.807) is 22.7 Å². The van der Waals surface area contributed by atoms with Crippen LogP contribution >= 0.6 is 38.6 Å². The van der Waals surface area contributed by atoms with Gasteiger partial charge in [0.2, 0.25) is 0 Å². The first-order valence-electron chi connectivity index (χ1n) is 7.71. The molecule has 0 N–H and O–H groups in total. The Hall–Kier alpha value is -0.960. The van der Waals surface area contributed by atoms with Gasteiger partial charge in [-0.05, 0) is 58.2 Å². The molecule has 0 aromatic carbocycles. The monoisotopic (exact) mass is 406 g/mol. The van der Waals surface area contributed by atoms with Gasteiger partial charge in [-0.15, -0.1) is 22.7 Å². The van der Waals surface area contributed by atoms with Crippen LogP contribution in [-0.2, 0) is 12.8 Å². The molecule has 0 aliphatic heterocycles. The molecule has 0 saturated heterocycles. The van der Waals surface area contributed by atoms with Crippen LogP contribution in [0.2, 0.25) is 0 Å². The molecule has 23 heavy (non-hydrogen) atoms. The van der Waals surface area contributed by atoms with E-state index in [1.807, 2.05) is 17.7 Å². The Kier molecular flexibility index (Phi) is 4.78. The Bertz CT molecular complexity index is 787. The van der Waals surface area contributed by atoms with Gasteiger partial charge in [0.1, 0.15) is 11.1 Å². The first-order valence-corrected chi connectivity index (χ1v) is 10.2. The molecular weight excluding hydrogens is 388 g/mol. The van der Waals surface area contributed by atoms with Gasteiger partial charge in [0.15, 0.2) is 0 Å². The lowest BCUT2D eigenvalue weighted by Crippen LogP contribution is -2.26. The van der Waals surface area contributed by atoms with Crippen molar-refractivity contribution in [2.24, 2.45) is 16.3 Å². The van der Waals surface area contributed by atoms with Crippen molar-refractivity contribution < 1.29 is 0 Å². The molecule has 1 aliphatic carbocycles. The molecule has 5 heteroatoms. The average Bonchev–Trinajstić information content (AvgIpc) is 3.06. The number of nitriles is 1. The fraction of sp³-hybridized carbons (Fsp3) is 0.444. The largest absolute Gasteiger partial charge is 0.243 e. The van der Waals surface area contributed by atoms with Crippen molar-refractivity contribution in [1.82, 2.24) is 0 Å². The topological polar surface area (TPSA) is 36.1 Å². The molecule has 120 valence electrons. The Morgan fingerprint density at radius 1 is 1.43 bits per heavy atom. The molecule has 0 radical (unpaired) electrons. The predicted molar refractivity (Wildman–Crippen MR) is 103 cm³/mol. The number of halogens is 1. The highest BCUT2D eigenvalue weighted by molar-refractivity contribution is 9.10. The Labute approximate surface area is 154 Å². The Morgan fingerprint density at radius 3 is 2.83 bits per heavy atom. The molecule has 0 saturated carbocycles. The van der Waals surface area contributed by atoms with Crippen LogP contribution in [0.15, 0.2) is 20.9 Å². The van der Waals surface area contributed by atoms with E-state index < -0.39 is 0 Å². The van der Waals surface area contributed by atoms with E-state index in [4.69, 9.17) is 0 Å². The first kappa shape index (κ1) is 16.9. The second kappa shape index (κ2) is 6.51. The minimum absolute atomic E-state index is 0.321. The Balaban J connectivity index is 1.90. The van der Waals surface area contributed by atoms with Crippen LogP contribution in [0.25, 0.3) is 0 Å². The highest BCUT2D eigenvalue weighted by Crippen LogP contribution is 2.44. The number of hydrogen-bond donors (Lipinski definition) is 0. The maximum absolute atomic E-state index is 9.57. The summed E-state index contributed by atoms with van der Waals surface area (Å²) in [6.07, 6.45) is 5.13. The average molecular weight is 407 g/mol. The number of rotatable bonds is 2. The van der Waals surface area contributed by atoms with Gasteiger partial charge >= 0.3 is 0 Å². The number of hydrogen-bond acceptors (Lipinski definition) is 4. The second-order valence-corrected chi connectivity index (χ2v) is 9.97. The molecule has 2 nitrogen and oxygen atoms in total. The van der Waals surface area contributed by atoms with Crippen molar-refractivity contribution in [2.45, 2.75) is 40.0 Å². The molecule has 3 rings (SSSR count). The van der Waals surface area contributed by atoms with Gasteiger partial charge in [-0.1, -0.05) is 20.8 Å². The normalized spacial score (nSPS) is 18.1. The van der Waals surface area contributed by atoms with Crippen molar-refractivity contribution in [1.29, 1.82) is 5.26 Å². The lowest BCUT2D eigenvalue weighted by atomic mass is 9.72. The van der Waals surface area contributed by atoms with Crippen molar-refractivity contribution in [3.05, 3.63) is 36.8 Å². The van der Waals surface area contributed by atoms with Gasteiger partial charge in [0.25, 0.3) is 0 Å². The Morgan fingerprint density at radius 2 is 2.22 bits per heavy atom. The molecule has 0 amide bonds. The predicted octanol–water partition coefficient (Wildman–Crippen LogP) is 6.35. The maximum Gasteiger partial charge on any atom is 0.134 e. The van der Waals surface area contributed by atoms with Crippen LogP contribution in [0.1, 0.15) is 48.1 Å². The third-order valence-electron chi connectivity index (χ3n) is 4.48. The number of fused-ring (bicyclic) bond motifs is 1. The molecule has 2 aromatic rings. The zero-order valence-corrected chi connectivity index (χ0v) is 16.7. The third-order valence-corrected chi connectivity index (χ3v) is 7.27. The summed E-state index contributed by atoms with van der Waals surface area (Å²) in [5, 5.41) is 12.5. The number of aliphatic imine (C=N–C) groups is 1. The molecule has 1 atom stereocenters. The summed E-state index contributed by atoms with van der Waals surface area (Å²) in [4.78, 5) is 7.08. The fourth-order valence-electron chi connectivity index (χ4n) is 3.04. The van der Waals surface area contributed by atoms with Gasteiger partial charge in [-0.2, -0.15) is 5.26 Å². The smallest absolute Gasteiger partial charge is 0.134 e. The second-order valence-electron chi connectivity index (χ2n) is 7.03. The van der Waals surface area contributed by atoms with Crippen molar-refractivity contribution in [3.8, 4) is 6.07 Å². The molecular formula is C18H19BrN2S2. The van der Waals surface area contributed by atoms with E-state index in [9.17, 15) is 5.26 Å². The minimum atomic E-state index is 0.321. The molecule has 2 heterocycles. The third kappa shape index (κ3) is 3.60. The van der Waals surface area contributed by atoms with Gasteiger partial charge in [-0.3, -0.25) is 0 Å². The van der Waals surface area contributed by atoms with Gasteiger partial charge in [-0.25, -0.2) is 4.99 Å². The molecule has 0 bridgehead atoms. The standard InChI is InChI=1S/C18H19BrN2S2/c1-18(2,3)11-4-5-14-15(8-20)17(23-16(14)6-11)21-9-13-7-12(19)10-22-13/h7,9-11H,4-6H2,1-3H3/b21-9+. The first-order chi connectivity index (χ1) is 10.9. The van der Waals surface area contributed by atoms with E-state index in [1.165, 1.54) is 16.9 Å². The van der Waals surface area contributed by atoms with Crippen LogP contribution in [0.5, 0.6) is 0 Å². The molecule has 1 aliphatic rings. The van der Waals surface area contributed by atoms with E-state index in [2.05, 4.69) is 47.8 Å². The highest BCUT2D eigenvalue weighted by atomic mass is 79.9. The minimum Gasteiger partial charge on any atom is -0.243 e. The summed E-state index contributed by atoms with van der Waals surface area (Å²) in [6, 6.07) is 4.43. The number of thiophene rings is 2. The lowest BCUT2D eigenvalue weighted by Gasteiger charge is -2.33. The molecule has 2 aromatic heterocycles. The summed E-state index contributed by atoms with van der Waals surface area (Å²) in [5.74, 6) is 0.685. The van der Waals surface area contributed by atoms with Crippen molar-refractivity contribution in [2.75, 3.05) is 0 Å². The SMILES string of the molecule is CC(C)(C)C1CCc2c(sc(/N=C/c3cc(Br)cs3)c2C#N)C1. The highest BCUT2D eigenvalue weighted by Gasteiger charge is 2.32. The summed E-state index contributed by atoms with van der Waals surface area (Å²) in [5.41, 5.74) is 2.36. The maximum atomic E-state index is 9.57. The van der Waals surface area contributed by atoms with Crippen LogP contribution < -0.4 is 0 Å². The van der Waals surface area contributed by atoms with Crippen molar-refractivity contribution >= 4 is 49.8 Å².